The first-order valence-corrected chi connectivity index (χ1v) is 9.72. The zero-order valence-electron chi connectivity index (χ0n) is 12.8. The Morgan fingerprint density at radius 3 is 2.81 bits per heavy atom. The van der Waals surface area contributed by atoms with Gasteiger partial charge in [0.1, 0.15) is 0 Å². The molecule has 2 atom stereocenters. The highest BCUT2D eigenvalue weighted by Gasteiger charge is 2.41. The summed E-state index contributed by atoms with van der Waals surface area (Å²) in [5.74, 6) is 1.74. The van der Waals surface area contributed by atoms with Crippen LogP contribution >= 0.6 is 27.7 Å². The van der Waals surface area contributed by atoms with Crippen LogP contribution in [0.25, 0.3) is 0 Å². The molecule has 0 saturated heterocycles. The molecule has 0 heterocycles. The molecule has 1 aromatic carbocycles. The van der Waals surface area contributed by atoms with E-state index in [2.05, 4.69) is 52.4 Å². The van der Waals surface area contributed by atoms with E-state index in [1.54, 1.807) is 0 Å². The van der Waals surface area contributed by atoms with Gasteiger partial charge < -0.3 is 10.4 Å². The van der Waals surface area contributed by atoms with Crippen molar-refractivity contribution >= 4 is 27.7 Å². The molecule has 1 fully saturated rings. The van der Waals surface area contributed by atoms with Crippen LogP contribution < -0.4 is 5.32 Å². The van der Waals surface area contributed by atoms with Gasteiger partial charge in [0.2, 0.25) is 0 Å². The van der Waals surface area contributed by atoms with Gasteiger partial charge in [-0.25, -0.2) is 0 Å². The third-order valence-corrected chi connectivity index (χ3v) is 6.09. The van der Waals surface area contributed by atoms with Crippen molar-refractivity contribution in [2.75, 3.05) is 18.9 Å². The second kappa shape index (κ2) is 8.56. The first kappa shape index (κ1) is 17.3. The van der Waals surface area contributed by atoms with Gasteiger partial charge in [-0.2, -0.15) is 0 Å². The van der Waals surface area contributed by atoms with Crippen molar-refractivity contribution in [1.29, 1.82) is 0 Å². The molecule has 0 spiro atoms. The van der Waals surface area contributed by atoms with E-state index in [1.807, 2.05) is 11.8 Å². The Morgan fingerprint density at radius 2 is 2.14 bits per heavy atom. The number of benzene rings is 1. The van der Waals surface area contributed by atoms with E-state index >= 15 is 0 Å². The van der Waals surface area contributed by atoms with E-state index in [4.69, 9.17) is 0 Å². The van der Waals surface area contributed by atoms with E-state index in [9.17, 15) is 5.11 Å². The summed E-state index contributed by atoms with van der Waals surface area (Å²) in [6, 6.07) is 8.52. The molecule has 4 heteroatoms. The highest BCUT2D eigenvalue weighted by atomic mass is 79.9. The molecule has 1 saturated carbocycles. The fraction of sp³-hybridized carbons (Fsp3) is 0.647. The van der Waals surface area contributed by atoms with Crippen molar-refractivity contribution < 1.29 is 5.11 Å². The minimum absolute atomic E-state index is 0.0176. The van der Waals surface area contributed by atoms with Crippen LogP contribution in [0.5, 0.6) is 0 Å². The SMILES string of the molecule is CCCNC1(CO)CCCC1CCSc1ccc(Br)cc1. The molecule has 1 aromatic rings. The lowest BCUT2D eigenvalue weighted by Crippen LogP contribution is -2.51. The van der Waals surface area contributed by atoms with Gasteiger partial charge in [0.05, 0.1) is 6.61 Å². The standard InChI is InChI=1S/C17H26BrNOS/c1-2-11-19-17(13-20)10-3-4-14(17)9-12-21-16-7-5-15(18)6-8-16/h5-8,14,19-20H,2-4,9-13H2,1H3. The van der Waals surface area contributed by atoms with Gasteiger partial charge in [0.25, 0.3) is 0 Å². The van der Waals surface area contributed by atoms with Gasteiger partial charge in [-0.15, -0.1) is 11.8 Å². The first-order valence-electron chi connectivity index (χ1n) is 7.94. The molecule has 0 bridgehead atoms. The fourth-order valence-corrected chi connectivity index (χ4v) is 4.52. The molecule has 1 aliphatic rings. The maximum absolute atomic E-state index is 9.89. The van der Waals surface area contributed by atoms with Crippen molar-refractivity contribution in [1.82, 2.24) is 5.32 Å². The topological polar surface area (TPSA) is 32.3 Å². The van der Waals surface area contributed by atoms with Gasteiger partial charge in [-0.05, 0) is 68.2 Å². The first-order chi connectivity index (χ1) is 10.2. The Labute approximate surface area is 141 Å². The van der Waals surface area contributed by atoms with Crippen molar-refractivity contribution in [3.8, 4) is 0 Å². The van der Waals surface area contributed by atoms with Crippen LogP contribution in [0.3, 0.4) is 0 Å². The predicted octanol–water partition coefficient (Wildman–Crippen LogP) is 4.46. The van der Waals surface area contributed by atoms with Crippen LogP contribution in [-0.4, -0.2) is 29.5 Å². The summed E-state index contributed by atoms with van der Waals surface area (Å²) in [4.78, 5) is 1.33. The molecule has 118 valence electrons. The van der Waals surface area contributed by atoms with Crippen LogP contribution in [0.2, 0.25) is 0 Å². The Morgan fingerprint density at radius 1 is 1.38 bits per heavy atom. The molecule has 1 aliphatic carbocycles. The van der Waals surface area contributed by atoms with E-state index in [1.165, 1.54) is 24.2 Å². The molecule has 21 heavy (non-hydrogen) atoms. The van der Waals surface area contributed by atoms with E-state index in [-0.39, 0.29) is 12.1 Å². The molecular weight excluding hydrogens is 346 g/mol. The maximum Gasteiger partial charge on any atom is 0.0616 e. The molecule has 2 unspecified atom stereocenters. The van der Waals surface area contributed by atoms with Crippen LogP contribution in [-0.2, 0) is 0 Å². The summed E-state index contributed by atoms with van der Waals surface area (Å²) in [6.07, 6.45) is 5.92. The van der Waals surface area contributed by atoms with E-state index in [0.29, 0.717) is 5.92 Å². The lowest BCUT2D eigenvalue weighted by molar-refractivity contribution is 0.122. The largest absolute Gasteiger partial charge is 0.394 e. The average Bonchev–Trinajstić information content (AvgIpc) is 2.91. The molecular formula is C17H26BrNOS. The summed E-state index contributed by atoms with van der Waals surface area (Å²) in [6.45, 7) is 3.48. The minimum atomic E-state index is -0.0176. The van der Waals surface area contributed by atoms with E-state index < -0.39 is 0 Å². The summed E-state index contributed by atoms with van der Waals surface area (Å²) in [5.41, 5.74) is -0.0176. The number of rotatable bonds is 8. The van der Waals surface area contributed by atoms with Gasteiger partial charge in [-0.3, -0.25) is 0 Å². The van der Waals surface area contributed by atoms with Gasteiger partial charge >= 0.3 is 0 Å². The smallest absolute Gasteiger partial charge is 0.0616 e. The zero-order chi connectivity index (χ0) is 15.1. The lowest BCUT2D eigenvalue weighted by Gasteiger charge is -2.35. The predicted molar refractivity (Wildman–Crippen MR) is 94.9 cm³/mol. The molecule has 2 nitrogen and oxygen atoms in total. The van der Waals surface area contributed by atoms with E-state index in [0.717, 1.165) is 29.6 Å². The maximum atomic E-state index is 9.89. The number of hydrogen-bond donors (Lipinski definition) is 2. The highest BCUT2D eigenvalue weighted by molar-refractivity contribution is 9.10. The number of halogens is 1. The second-order valence-corrected chi connectivity index (χ2v) is 8.01. The summed E-state index contributed by atoms with van der Waals surface area (Å²) in [5, 5.41) is 13.5. The number of aliphatic hydroxyl groups excluding tert-OH is 1. The molecule has 0 radical (unpaired) electrons. The summed E-state index contributed by atoms with van der Waals surface area (Å²) < 4.78 is 1.13. The summed E-state index contributed by atoms with van der Waals surface area (Å²) >= 11 is 5.39. The Hall–Kier alpha value is -0.0300. The average molecular weight is 372 g/mol. The van der Waals surface area contributed by atoms with Crippen LogP contribution in [0.15, 0.2) is 33.6 Å². The van der Waals surface area contributed by atoms with Crippen LogP contribution in [0.1, 0.15) is 39.0 Å². The van der Waals surface area contributed by atoms with Gasteiger partial charge in [0, 0.05) is 14.9 Å². The third-order valence-electron chi connectivity index (χ3n) is 4.51. The third kappa shape index (κ3) is 4.72. The normalized spacial score (nSPS) is 25.4. The Balaban J connectivity index is 1.84. The van der Waals surface area contributed by atoms with Gasteiger partial charge in [0.15, 0.2) is 0 Å². The van der Waals surface area contributed by atoms with Crippen LogP contribution in [0, 0.1) is 5.92 Å². The van der Waals surface area contributed by atoms with Crippen molar-refractivity contribution in [3.05, 3.63) is 28.7 Å². The molecule has 2 N–H and O–H groups in total. The Kier molecular flexibility index (Phi) is 7.06. The number of hydrogen-bond acceptors (Lipinski definition) is 3. The number of nitrogens with one attached hydrogen (secondary N) is 1. The van der Waals surface area contributed by atoms with Crippen LogP contribution in [0.4, 0.5) is 0 Å². The van der Waals surface area contributed by atoms with Gasteiger partial charge in [-0.1, -0.05) is 29.3 Å². The van der Waals surface area contributed by atoms with Crippen molar-refractivity contribution in [2.24, 2.45) is 5.92 Å². The molecule has 0 aliphatic heterocycles. The monoisotopic (exact) mass is 371 g/mol. The minimum Gasteiger partial charge on any atom is -0.394 e. The summed E-state index contributed by atoms with van der Waals surface area (Å²) in [7, 11) is 0. The number of aliphatic hydroxyl groups is 1. The van der Waals surface area contributed by atoms with Crippen molar-refractivity contribution in [2.45, 2.75) is 49.5 Å². The molecule has 0 aromatic heterocycles. The highest BCUT2D eigenvalue weighted by Crippen LogP contribution is 2.39. The molecule has 0 amide bonds. The number of thioether (sulfide) groups is 1. The Bertz CT molecular complexity index is 425. The molecule has 2 rings (SSSR count). The van der Waals surface area contributed by atoms with Crippen molar-refractivity contribution in [3.63, 3.8) is 0 Å². The quantitative estimate of drug-likeness (QED) is 0.661. The zero-order valence-corrected chi connectivity index (χ0v) is 15.2. The lowest BCUT2D eigenvalue weighted by atomic mass is 9.85. The fourth-order valence-electron chi connectivity index (χ4n) is 3.29. The second-order valence-electron chi connectivity index (χ2n) is 5.92.